The van der Waals surface area contributed by atoms with Gasteiger partial charge in [-0.1, -0.05) is 6.92 Å². The van der Waals surface area contributed by atoms with Crippen LogP contribution in [-0.4, -0.2) is 31.3 Å². The smallest absolute Gasteiger partial charge is 0.228 e. The van der Waals surface area contributed by atoms with Crippen molar-refractivity contribution in [3.8, 4) is 5.75 Å². The van der Waals surface area contributed by atoms with Crippen LogP contribution in [0.25, 0.3) is 0 Å². The van der Waals surface area contributed by atoms with Gasteiger partial charge in [0.2, 0.25) is 5.91 Å². The minimum absolute atomic E-state index is 0. The van der Waals surface area contributed by atoms with Crippen molar-refractivity contribution >= 4 is 24.0 Å². The summed E-state index contributed by atoms with van der Waals surface area (Å²) in [6, 6.07) is 5.54. The molecular weight excluding hydrogens is 316 g/mol. The summed E-state index contributed by atoms with van der Waals surface area (Å²) < 4.78 is 11.4. The summed E-state index contributed by atoms with van der Waals surface area (Å²) >= 11 is 0. The molecule has 1 saturated heterocycles. The number of aryl methyl sites for hydroxylation is 1. The zero-order chi connectivity index (χ0) is 16.1. The molecule has 1 amide bonds. The molecule has 6 heteroatoms. The number of carbonyl (C=O) groups excluding carboxylic acids is 1. The lowest BCUT2D eigenvalue weighted by atomic mass is 10.0. The molecule has 2 atom stereocenters. The molecule has 0 radical (unpaired) electrons. The highest BCUT2D eigenvalue weighted by molar-refractivity contribution is 5.92. The van der Waals surface area contributed by atoms with E-state index >= 15 is 0 Å². The second-order valence-corrected chi connectivity index (χ2v) is 6.05. The average molecular weight is 343 g/mol. The molecule has 1 aliphatic heterocycles. The summed E-state index contributed by atoms with van der Waals surface area (Å²) in [7, 11) is 0. The lowest BCUT2D eigenvalue weighted by Crippen LogP contribution is -2.34. The maximum absolute atomic E-state index is 12.0. The second-order valence-electron chi connectivity index (χ2n) is 6.05. The van der Waals surface area contributed by atoms with E-state index in [0.717, 1.165) is 43.1 Å². The fourth-order valence-corrected chi connectivity index (χ4v) is 2.33. The van der Waals surface area contributed by atoms with Gasteiger partial charge in [-0.25, -0.2) is 0 Å². The quantitative estimate of drug-likeness (QED) is 0.862. The Morgan fingerprint density at radius 1 is 1.35 bits per heavy atom. The molecule has 3 N–H and O–H groups in total. The summed E-state index contributed by atoms with van der Waals surface area (Å²) in [6.07, 6.45) is 2.05. The first-order valence-electron chi connectivity index (χ1n) is 7.89. The number of carbonyl (C=O) groups is 1. The number of hydrogen-bond donors (Lipinski definition) is 2. The van der Waals surface area contributed by atoms with Gasteiger partial charge in [-0.3, -0.25) is 4.79 Å². The van der Waals surface area contributed by atoms with Crippen molar-refractivity contribution in [2.75, 3.05) is 18.5 Å². The number of nitrogens with two attached hydrogens (primary N) is 1. The molecule has 1 aromatic carbocycles. The number of nitrogens with one attached hydrogen (secondary N) is 1. The Morgan fingerprint density at radius 3 is 2.57 bits per heavy atom. The summed E-state index contributed by atoms with van der Waals surface area (Å²) in [5.74, 6) is 0.580. The lowest BCUT2D eigenvalue weighted by molar-refractivity contribution is -0.119. The number of hydrogen-bond acceptors (Lipinski definition) is 4. The molecule has 5 nitrogen and oxygen atoms in total. The topological polar surface area (TPSA) is 73.6 Å². The summed E-state index contributed by atoms with van der Waals surface area (Å²) in [4.78, 5) is 12.0. The van der Waals surface area contributed by atoms with E-state index < -0.39 is 0 Å². The van der Waals surface area contributed by atoms with Crippen LogP contribution in [0.4, 0.5) is 5.69 Å². The molecule has 1 aromatic rings. The Labute approximate surface area is 144 Å². The van der Waals surface area contributed by atoms with Gasteiger partial charge in [-0.2, -0.15) is 0 Å². The summed E-state index contributed by atoms with van der Waals surface area (Å²) in [6.45, 7) is 7.16. The number of ether oxygens (including phenoxy) is 2. The predicted octanol–water partition coefficient (Wildman–Crippen LogP) is 2.90. The van der Waals surface area contributed by atoms with Crippen molar-refractivity contribution in [3.63, 3.8) is 0 Å². The van der Waals surface area contributed by atoms with Crippen LogP contribution in [0.15, 0.2) is 18.2 Å². The Balaban J connectivity index is 0.00000264. The van der Waals surface area contributed by atoms with Crippen molar-refractivity contribution < 1.29 is 14.3 Å². The van der Waals surface area contributed by atoms with E-state index in [-0.39, 0.29) is 36.4 Å². The highest BCUT2D eigenvalue weighted by Crippen LogP contribution is 2.25. The molecular formula is C17H27ClN2O3. The lowest BCUT2D eigenvalue weighted by Gasteiger charge is -2.24. The maximum Gasteiger partial charge on any atom is 0.228 e. The first-order chi connectivity index (χ1) is 10.5. The van der Waals surface area contributed by atoms with Gasteiger partial charge in [0.15, 0.2) is 0 Å². The number of anilines is 1. The molecule has 1 heterocycles. The van der Waals surface area contributed by atoms with Gasteiger partial charge in [0.1, 0.15) is 11.9 Å². The minimum Gasteiger partial charge on any atom is -0.490 e. The second kappa shape index (κ2) is 9.11. The first-order valence-corrected chi connectivity index (χ1v) is 7.89. The molecule has 1 fully saturated rings. The third-order valence-corrected chi connectivity index (χ3v) is 4.11. The van der Waals surface area contributed by atoms with Gasteiger partial charge < -0.3 is 20.5 Å². The molecule has 0 spiro atoms. The van der Waals surface area contributed by atoms with E-state index in [1.807, 2.05) is 39.0 Å². The van der Waals surface area contributed by atoms with Gasteiger partial charge in [-0.15, -0.1) is 12.4 Å². The third kappa shape index (κ3) is 5.68. The van der Waals surface area contributed by atoms with E-state index in [1.54, 1.807) is 0 Å². The Hall–Kier alpha value is -1.30. The maximum atomic E-state index is 12.0. The summed E-state index contributed by atoms with van der Waals surface area (Å²) in [5, 5.41) is 2.90. The molecule has 0 bridgehead atoms. The van der Waals surface area contributed by atoms with Crippen molar-refractivity contribution in [3.05, 3.63) is 23.8 Å². The first kappa shape index (κ1) is 19.7. The normalized spacial score (nSPS) is 17.7. The van der Waals surface area contributed by atoms with Crippen LogP contribution in [0.5, 0.6) is 5.75 Å². The molecule has 0 saturated carbocycles. The SMILES string of the molecule is Cc1cc(NC(=O)C(C)C(C)N)ccc1OC1CCOCC1.Cl. The van der Waals surface area contributed by atoms with E-state index in [2.05, 4.69) is 5.32 Å². The fraction of sp³-hybridized carbons (Fsp3) is 0.588. The zero-order valence-electron chi connectivity index (χ0n) is 14.0. The predicted molar refractivity (Wildman–Crippen MR) is 94.3 cm³/mol. The van der Waals surface area contributed by atoms with Crippen molar-refractivity contribution in [2.45, 2.75) is 45.8 Å². The van der Waals surface area contributed by atoms with Gasteiger partial charge in [0, 0.05) is 24.6 Å². The molecule has 0 aliphatic carbocycles. The Bertz CT molecular complexity index is 517. The molecule has 2 unspecified atom stereocenters. The van der Waals surface area contributed by atoms with E-state index in [0.29, 0.717) is 0 Å². The number of halogens is 1. The Morgan fingerprint density at radius 2 is 2.00 bits per heavy atom. The monoisotopic (exact) mass is 342 g/mol. The molecule has 0 aromatic heterocycles. The number of benzene rings is 1. The van der Waals surface area contributed by atoms with Crippen LogP contribution in [-0.2, 0) is 9.53 Å². The van der Waals surface area contributed by atoms with E-state index in [9.17, 15) is 4.79 Å². The van der Waals surface area contributed by atoms with E-state index in [1.165, 1.54) is 0 Å². The number of amides is 1. The van der Waals surface area contributed by atoms with Crippen LogP contribution in [0.3, 0.4) is 0 Å². The van der Waals surface area contributed by atoms with Crippen LogP contribution in [0.1, 0.15) is 32.3 Å². The van der Waals surface area contributed by atoms with Crippen LogP contribution < -0.4 is 15.8 Å². The fourth-order valence-electron chi connectivity index (χ4n) is 2.33. The Kier molecular flexibility index (Phi) is 7.82. The standard InChI is InChI=1S/C17H26N2O3.ClH/c1-11-10-14(19-17(20)12(2)13(3)18)4-5-16(11)22-15-6-8-21-9-7-15;/h4-5,10,12-13,15H,6-9,18H2,1-3H3,(H,19,20);1H. The highest BCUT2D eigenvalue weighted by Gasteiger charge is 2.18. The van der Waals surface area contributed by atoms with Gasteiger partial charge in [-0.05, 0) is 37.6 Å². The molecule has 1 aliphatic rings. The van der Waals surface area contributed by atoms with E-state index in [4.69, 9.17) is 15.2 Å². The average Bonchev–Trinajstić information content (AvgIpc) is 2.50. The summed E-state index contributed by atoms with van der Waals surface area (Å²) in [5.41, 5.74) is 7.54. The van der Waals surface area contributed by atoms with Crippen molar-refractivity contribution in [1.82, 2.24) is 0 Å². The zero-order valence-corrected chi connectivity index (χ0v) is 14.8. The highest BCUT2D eigenvalue weighted by atomic mass is 35.5. The van der Waals surface area contributed by atoms with Crippen molar-refractivity contribution in [1.29, 1.82) is 0 Å². The molecule has 2 rings (SSSR count). The largest absolute Gasteiger partial charge is 0.490 e. The molecule has 23 heavy (non-hydrogen) atoms. The van der Waals surface area contributed by atoms with Crippen molar-refractivity contribution in [2.24, 2.45) is 11.7 Å². The third-order valence-electron chi connectivity index (χ3n) is 4.11. The van der Waals surface area contributed by atoms with Gasteiger partial charge in [0.05, 0.1) is 19.1 Å². The van der Waals surface area contributed by atoms with Gasteiger partial charge in [0.25, 0.3) is 0 Å². The van der Waals surface area contributed by atoms with Crippen LogP contribution >= 0.6 is 12.4 Å². The van der Waals surface area contributed by atoms with Crippen LogP contribution in [0, 0.1) is 12.8 Å². The molecule has 130 valence electrons. The van der Waals surface area contributed by atoms with Crippen LogP contribution in [0.2, 0.25) is 0 Å². The van der Waals surface area contributed by atoms with Gasteiger partial charge >= 0.3 is 0 Å². The number of rotatable bonds is 5. The minimum atomic E-state index is -0.224.